The van der Waals surface area contributed by atoms with Crippen LogP contribution in [0.4, 0.5) is 10.2 Å². The molecule has 4 unspecified atom stereocenters. The molecule has 1 saturated heterocycles. The second-order valence-electron chi connectivity index (χ2n) is 8.76. The number of carbonyl (C=O) groups is 1. The quantitative estimate of drug-likeness (QED) is 0.347. The molecular formula is C21H32FIN6O. The van der Waals surface area contributed by atoms with Gasteiger partial charge in [0.1, 0.15) is 6.54 Å². The van der Waals surface area contributed by atoms with Crippen molar-refractivity contribution in [3.8, 4) is 0 Å². The minimum atomic E-state index is -0.293. The van der Waals surface area contributed by atoms with Crippen molar-refractivity contribution in [2.45, 2.75) is 44.2 Å². The summed E-state index contributed by atoms with van der Waals surface area (Å²) in [5, 5.41) is 7.09. The Morgan fingerprint density at radius 1 is 1.30 bits per heavy atom. The summed E-state index contributed by atoms with van der Waals surface area (Å²) >= 11 is 0. The molecule has 166 valence electrons. The van der Waals surface area contributed by atoms with Gasteiger partial charge in [-0.3, -0.25) is 4.79 Å². The third-order valence-corrected chi connectivity index (χ3v) is 6.50. The zero-order valence-corrected chi connectivity index (χ0v) is 20.0. The Labute approximate surface area is 194 Å². The van der Waals surface area contributed by atoms with Crippen LogP contribution in [-0.2, 0) is 4.79 Å². The Hall–Kier alpha value is -1.65. The van der Waals surface area contributed by atoms with Crippen molar-refractivity contribution in [1.29, 1.82) is 0 Å². The first-order valence-electron chi connectivity index (χ1n) is 10.6. The Morgan fingerprint density at radius 2 is 2.13 bits per heavy atom. The Morgan fingerprint density at radius 3 is 2.80 bits per heavy atom. The van der Waals surface area contributed by atoms with Gasteiger partial charge in [0.15, 0.2) is 17.6 Å². The molecule has 0 aromatic carbocycles. The van der Waals surface area contributed by atoms with Crippen molar-refractivity contribution < 1.29 is 9.18 Å². The van der Waals surface area contributed by atoms with Crippen LogP contribution in [0.5, 0.6) is 0 Å². The van der Waals surface area contributed by atoms with Gasteiger partial charge < -0.3 is 20.4 Å². The molecule has 4 atom stereocenters. The standard InChI is InChI=1S/C21H31FN6O.HI/c1-27(2)19(29)12-24-21(26-18-11-14-5-6-15(18)10-14)25-16-7-9-28(13-16)20-17(22)4-3-8-23-20;/h3-4,8,14-16,18H,5-7,9-13H2,1-2H3,(H2,24,25,26);1H. The van der Waals surface area contributed by atoms with Gasteiger partial charge in [-0.1, -0.05) is 6.42 Å². The normalized spacial score (nSPS) is 27.7. The Kier molecular flexibility index (Phi) is 7.75. The van der Waals surface area contributed by atoms with Gasteiger partial charge in [-0.05, 0) is 49.7 Å². The smallest absolute Gasteiger partial charge is 0.243 e. The minimum Gasteiger partial charge on any atom is -0.353 e. The van der Waals surface area contributed by atoms with Crippen LogP contribution in [-0.4, -0.2) is 67.6 Å². The topological polar surface area (TPSA) is 72.9 Å². The number of fused-ring (bicyclic) bond motifs is 2. The highest BCUT2D eigenvalue weighted by atomic mass is 127. The number of guanidine groups is 1. The predicted molar refractivity (Wildman–Crippen MR) is 127 cm³/mol. The third kappa shape index (κ3) is 5.33. The van der Waals surface area contributed by atoms with E-state index in [0.29, 0.717) is 30.3 Å². The molecule has 1 aliphatic heterocycles. The summed E-state index contributed by atoms with van der Waals surface area (Å²) in [4.78, 5) is 24.3. The number of nitrogens with one attached hydrogen (secondary N) is 2. The number of aromatic nitrogens is 1. The summed E-state index contributed by atoms with van der Waals surface area (Å²) in [6.07, 6.45) is 7.60. The van der Waals surface area contributed by atoms with E-state index in [9.17, 15) is 9.18 Å². The van der Waals surface area contributed by atoms with E-state index in [0.717, 1.165) is 18.9 Å². The van der Waals surface area contributed by atoms with E-state index in [1.54, 1.807) is 31.3 Å². The fourth-order valence-electron chi connectivity index (χ4n) is 4.89. The molecule has 0 spiro atoms. The molecule has 7 nitrogen and oxygen atoms in total. The first-order valence-corrected chi connectivity index (χ1v) is 10.6. The summed E-state index contributed by atoms with van der Waals surface area (Å²) in [5.41, 5.74) is 0. The van der Waals surface area contributed by atoms with Gasteiger partial charge in [-0.15, -0.1) is 24.0 Å². The van der Waals surface area contributed by atoms with Gasteiger partial charge in [-0.2, -0.15) is 0 Å². The second kappa shape index (κ2) is 10.1. The van der Waals surface area contributed by atoms with Crippen molar-refractivity contribution in [1.82, 2.24) is 20.5 Å². The monoisotopic (exact) mass is 530 g/mol. The fraction of sp³-hybridized carbons (Fsp3) is 0.667. The van der Waals surface area contributed by atoms with Crippen molar-refractivity contribution >= 4 is 41.7 Å². The van der Waals surface area contributed by atoms with Gasteiger partial charge in [0.25, 0.3) is 0 Å². The van der Waals surface area contributed by atoms with Crippen molar-refractivity contribution in [3.05, 3.63) is 24.1 Å². The molecule has 2 heterocycles. The van der Waals surface area contributed by atoms with Crippen LogP contribution in [0.1, 0.15) is 32.1 Å². The first kappa shape index (κ1) is 23.0. The summed E-state index contributed by atoms with van der Waals surface area (Å²) in [6, 6.07) is 3.62. The largest absolute Gasteiger partial charge is 0.353 e. The Bertz CT molecular complexity index is 776. The van der Waals surface area contributed by atoms with Gasteiger partial charge in [-0.25, -0.2) is 14.4 Å². The lowest BCUT2D eigenvalue weighted by Crippen LogP contribution is -2.50. The molecule has 0 radical (unpaired) electrons. The van der Waals surface area contributed by atoms with Gasteiger partial charge >= 0.3 is 0 Å². The highest BCUT2D eigenvalue weighted by molar-refractivity contribution is 14.0. The maximum Gasteiger partial charge on any atom is 0.243 e. The van der Waals surface area contributed by atoms with Crippen LogP contribution < -0.4 is 15.5 Å². The molecule has 1 aromatic heterocycles. The number of carbonyl (C=O) groups excluding carboxylic acids is 1. The molecule has 4 rings (SSSR count). The van der Waals surface area contributed by atoms with E-state index in [4.69, 9.17) is 0 Å². The molecule has 2 saturated carbocycles. The van der Waals surface area contributed by atoms with Crippen molar-refractivity contribution in [3.63, 3.8) is 0 Å². The predicted octanol–water partition coefficient (Wildman–Crippen LogP) is 2.23. The number of halogens is 2. The fourth-order valence-corrected chi connectivity index (χ4v) is 4.89. The molecule has 2 N–H and O–H groups in total. The summed E-state index contributed by atoms with van der Waals surface area (Å²) in [5.74, 6) is 2.32. The number of hydrogen-bond acceptors (Lipinski definition) is 4. The number of likely N-dealkylation sites (N-methyl/N-ethyl adjacent to an activating group) is 1. The van der Waals surface area contributed by atoms with E-state index < -0.39 is 0 Å². The molecule has 2 aliphatic carbocycles. The van der Waals surface area contributed by atoms with Crippen LogP contribution in [0.15, 0.2) is 23.3 Å². The molecular weight excluding hydrogens is 498 g/mol. The van der Waals surface area contributed by atoms with E-state index in [1.165, 1.54) is 31.7 Å². The first-order chi connectivity index (χ1) is 14.0. The molecule has 1 amide bonds. The lowest BCUT2D eigenvalue weighted by molar-refractivity contribution is -0.127. The average molecular weight is 530 g/mol. The second-order valence-corrected chi connectivity index (χ2v) is 8.76. The van der Waals surface area contributed by atoms with E-state index in [1.807, 2.05) is 4.90 Å². The van der Waals surface area contributed by atoms with Gasteiger partial charge in [0.2, 0.25) is 5.91 Å². The van der Waals surface area contributed by atoms with Crippen LogP contribution in [0.2, 0.25) is 0 Å². The number of pyridine rings is 1. The SMILES string of the molecule is CN(C)C(=O)CN=C(NC1CCN(c2ncccc2F)C1)NC1CC2CCC1C2.I. The number of rotatable bonds is 5. The summed E-state index contributed by atoms with van der Waals surface area (Å²) in [6.45, 7) is 1.52. The molecule has 1 aromatic rings. The van der Waals surface area contributed by atoms with E-state index >= 15 is 0 Å². The van der Waals surface area contributed by atoms with Crippen molar-refractivity contribution in [2.75, 3.05) is 38.6 Å². The molecule has 3 aliphatic rings. The average Bonchev–Trinajstić information content (AvgIpc) is 3.43. The summed E-state index contributed by atoms with van der Waals surface area (Å²) in [7, 11) is 3.48. The number of amides is 1. The molecule has 2 bridgehead atoms. The van der Waals surface area contributed by atoms with Crippen LogP contribution >= 0.6 is 24.0 Å². The maximum atomic E-state index is 14.1. The highest BCUT2D eigenvalue weighted by Gasteiger charge is 2.40. The van der Waals surface area contributed by atoms with Gasteiger partial charge in [0, 0.05) is 45.5 Å². The third-order valence-electron chi connectivity index (χ3n) is 6.50. The number of anilines is 1. The van der Waals surface area contributed by atoms with Crippen LogP contribution in [0.25, 0.3) is 0 Å². The molecule has 30 heavy (non-hydrogen) atoms. The van der Waals surface area contributed by atoms with E-state index in [-0.39, 0.29) is 48.3 Å². The van der Waals surface area contributed by atoms with E-state index in [2.05, 4.69) is 20.6 Å². The molecule has 9 heteroatoms. The zero-order chi connectivity index (χ0) is 20.4. The maximum absolute atomic E-state index is 14.1. The number of nitrogens with zero attached hydrogens (tertiary/aromatic N) is 4. The van der Waals surface area contributed by atoms with Crippen LogP contribution in [0.3, 0.4) is 0 Å². The number of aliphatic imine (C=N–C) groups is 1. The molecule has 3 fully saturated rings. The number of hydrogen-bond donors (Lipinski definition) is 2. The zero-order valence-electron chi connectivity index (χ0n) is 17.7. The highest BCUT2D eigenvalue weighted by Crippen LogP contribution is 2.44. The van der Waals surface area contributed by atoms with Crippen LogP contribution in [0, 0.1) is 17.7 Å². The van der Waals surface area contributed by atoms with Gasteiger partial charge in [0.05, 0.1) is 0 Å². The van der Waals surface area contributed by atoms with Crippen molar-refractivity contribution in [2.24, 2.45) is 16.8 Å². The lowest BCUT2D eigenvalue weighted by Gasteiger charge is -2.27. The summed E-state index contributed by atoms with van der Waals surface area (Å²) < 4.78 is 14.1. The lowest BCUT2D eigenvalue weighted by atomic mass is 9.95. The Balaban J connectivity index is 0.00000256. The minimum absolute atomic E-state index is 0.